The SMILES string of the molecule is Cc1csc(CCN=[N+]=[N-])c1Br. The van der Waals surface area contributed by atoms with Gasteiger partial charge in [-0.2, -0.15) is 0 Å². The lowest BCUT2D eigenvalue weighted by molar-refractivity contribution is 0.969. The number of azide groups is 1. The molecule has 1 rings (SSSR count). The molecule has 0 amide bonds. The molecule has 0 radical (unpaired) electrons. The van der Waals surface area contributed by atoms with E-state index in [-0.39, 0.29) is 0 Å². The first-order valence-electron chi connectivity index (χ1n) is 3.49. The van der Waals surface area contributed by atoms with Gasteiger partial charge in [-0.25, -0.2) is 0 Å². The Morgan fingerprint density at radius 1 is 1.75 bits per heavy atom. The van der Waals surface area contributed by atoms with E-state index in [1.807, 2.05) is 0 Å². The molecule has 0 spiro atoms. The molecule has 3 nitrogen and oxygen atoms in total. The number of hydrogen-bond acceptors (Lipinski definition) is 2. The lowest BCUT2D eigenvalue weighted by Gasteiger charge is -1.93. The zero-order valence-corrected chi connectivity index (χ0v) is 9.02. The van der Waals surface area contributed by atoms with Gasteiger partial charge in [0.25, 0.3) is 0 Å². The van der Waals surface area contributed by atoms with Gasteiger partial charge in [0.05, 0.1) is 0 Å². The van der Waals surface area contributed by atoms with Crippen LogP contribution in [0.2, 0.25) is 0 Å². The maximum Gasteiger partial charge on any atom is 0.0343 e. The van der Waals surface area contributed by atoms with Gasteiger partial charge in [-0.1, -0.05) is 5.11 Å². The highest BCUT2D eigenvalue weighted by Gasteiger charge is 2.03. The fraction of sp³-hybridized carbons (Fsp3) is 0.429. The van der Waals surface area contributed by atoms with Gasteiger partial charge in [-0.15, -0.1) is 11.3 Å². The fourth-order valence-electron chi connectivity index (χ4n) is 0.848. The highest BCUT2D eigenvalue weighted by atomic mass is 79.9. The summed E-state index contributed by atoms with van der Waals surface area (Å²) >= 11 is 5.17. The van der Waals surface area contributed by atoms with Crippen LogP contribution in [0.4, 0.5) is 0 Å². The van der Waals surface area contributed by atoms with E-state index in [0.29, 0.717) is 6.54 Å². The lowest BCUT2D eigenvalue weighted by atomic mass is 10.3. The van der Waals surface area contributed by atoms with Crippen LogP contribution in [0.25, 0.3) is 10.4 Å². The predicted octanol–water partition coefficient (Wildman–Crippen LogP) is 3.67. The Bertz CT molecular complexity index is 314. The number of rotatable bonds is 3. The monoisotopic (exact) mass is 245 g/mol. The topological polar surface area (TPSA) is 48.8 Å². The maximum absolute atomic E-state index is 8.07. The Balaban J connectivity index is 2.63. The molecular formula is C7H8BrN3S. The molecule has 5 heteroatoms. The van der Waals surface area contributed by atoms with Crippen LogP contribution < -0.4 is 0 Å². The van der Waals surface area contributed by atoms with Crippen molar-refractivity contribution in [1.82, 2.24) is 0 Å². The van der Waals surface area contributed by atoms with E-state index in [1.54, 1.807) is 11.3 Å². The molecule has 0 aliphatic carbocycles. The molecule has 0 aromatic carbocycles. The third kappa shape index (κ3) is 2.24. The number of hydrogen-bond donors (Lipinski definition) is 0. The molecule has 0 bridgehead atoms. The normalized spacial score (nSPS) is 9.50. The van der Waals surface area contributed by atoms with Crippen molar-refractivity contribution in [3.05, 3.63) is 30.7 Å². The van der Waals surface area contributed by atoms with E-state index in [1.165, 1.54) is 10.4 Å². The lowest BCUT2D eigenvalue weighted by Crippen LogP contribution is -1.84. The molecule has 0 aliphatic rings. The first-order chi connectivity index (χ1) is 5.75. The van der Waals surface area contributed by atoms with Crippen molar-refractivity contribution in [3.63, 3.8) is 0 Å². The number of aryl methyl sites for hydroxylation is 1. The van der Waals surface area contributed by atoms with Crippen LogP contribution in [0.1, 0.15) is 10.4 Å². The van der Waals surface area contributed by atoms with Gasteiger partial charge in [-0.3, -0.25) is 0 Å². The Labute approximate surface area is 83.2 Å². The van der Waals surface area contributed by atoms with Gasteiger partial charge in [-0.05, 0) is 45.7 Å². The summed E-state index contributed by atoms with van der Waals surface area (Å²) in [6, 6.07) is 0. The zero-order chi connectivity index (χ0) is 8.97. The molecule has 0 unspecified atom stereocenters. The molecule has 0 aliphatic heterocycles. The fourth-order valence-corrected chi connectivity index (χ4v) is 2.50. The van der Waals surface area contributed by atoms with Crippen molar-refractivity contribution in [3.8, 4) is 0 Å². The minimum Gasteiger partial charge on any atom is -0.147 e. The molecule has 0 saturated heterocycles. The Kier molecular flexibility index (Phi) is 3.59. The number of nitrogens with zero attached hydrogens (tertiary/aromatic N) is 3. The summed E-state index contributed by atoms with van der Waals surface area (Å²) in [5, 5.41) is 5.58. The maximum atomic E-state index is 8.07. The van der Waals surface area contributed by atoms with Crippen LogP contribution in [0.3, 0.4) is 0 Å². The first kappa shape index (κ1) is 9.58. The van der Waals surface area contributed by atoms with Crippen molar-refractivity contribution in [2.24, 2.45) is 5.11 Å². The molecular weight excluding hydrogens is 238 g/mol. The van der Waals surface area contributed by atoms with Gasteiger partial charge in [0.15, 0.2) is 0 Å². The molecule has 1 aromatic heterocycles. The molecule has 0 saturated carbocycles. The van der Waals surface area contributed by atoms with E-state index in [4.69, 9.17) is 5.53 Å². The summed E-state index contributed by atoms with van der Waals surface area (Å²) < 4.78 is 1.15. The largest absolute Gasteiger partial charge is 0.147 e. The summed E-state index contributed by atoms with van der Waals surface area (Å²) in [4.78, 5) is 3.95. The molecule has 0 fully saturated rings. The molecule has 0 atom stereocenters. The van der Waals surface area contributed by atoms with Crippen LogP contribution in [-0.2, 0) is 6.42 Å². The van der Waals surface area contributed by atoms with Crippen molar-refractivity contribution in [2.75, 3.05) is 6.54 Å². The number of thiophene rings is 1. The summed E-state index contributed by atoms with van der Waals surface area (Å²) in [6.45, 7) is 2.59. The van der Waals surface area contributed by atoms with Crippen LogP contribution in [0.15, 0.2) is 15.0 Å². The van der Waals surface area contributed by atoms with Gasteiger partial charge < -0.3 is 0 Å². The highest BCUT2D eigenvalue weighted by molar-refractivity contribution is 9.10. The Hall–Kier alpha value is -0.510. The van der Waals surface area contributed by atoms with Crippen molar-refractivity contribution in [2.45, 2.75) is 13.3 Å². The Morgan fingerprint density at radius 2 is 2.50 bits per heavy atom. The first-order valence-corrected chi connectivity index (χ1v) is 5.16. The van der Waals surface area contributed by atoms with E-state index in [0.717, 1.165) is 10.9 Å². The zero-order valence-electron chi connectivity index (χ0n) is 6.62. The van der Waals surface area contributed by atoms with Crippen molar-refractivity contribution in [1.29, 1.82) is 0 Å². The second-order valence-corrected chi connectivity index (χ2v) is 4.12. The smallest absolute Gasteiger partial charge is 0.0343 e. The van der Waals surface area contributed by atoms with Gasteiger partial charge in [0.2, 0.25) is 0 Å². The van der Waals surface area contributed by atoms with Gasteiger partial charge in [0.1, 0.15) is 0 Å². The second kappa shape index (κ2) is 4.50. The molecule has 0 N–H and O–H groups in total. The summed E-state index contributed by atoms with van der Waals surface area (Å²) in [7, 11) is 0. The summed E-state index contributed by atoms with van der Waals surface area (Å²) in [5.74, 6) is 0. The third-order valence-corrected chi connectivity index (χ3v) is 4.00. The highest BCUT2D eigenvalue weighted by Crippen LogP contribution is 2.27. The van der Waals surface area contributed by atoms with Crippen LogP contribution in [-0.4, -0.2) is 6.54 Å². The minimum atomic E-state index is 0.537. The van der Waals surface area contributed by atoms with Crippen LogP contribution in [0.5, 0.6) is 0 Å². The van der Waals surface area contributed by atoms with Crippen LogP contribution in [0, 0.1) is 6.92 Å². The number of halogens is 1. The van der Waals surface area contributed by atoms with Crippen molar-refractivity contribution >= 4 is 27.3 Å². The van der Waals surface area contributed by atoms with E-state index >= 15 is 0 Å². The minimum absolute atomic E-state index is 0.537. The van der Waals surface area contributed by atoms with E-state index in [2.05, 4.69) is 38.3 Å². The molecule has 1 heterocycles. The summed E-state index contributed by atoms with van der Waals surface area (Å²) in [6.07, 6.45) is 0.823. The van der Waals surface area contributed by atoms with E-state index in [9.17, 15) is 0 Å². The van der Waals surface area contributed by atoms with Crippen LogP contribution >= 0.6 is 27.3 Å². The van der Waals surface area contributed by atoms with Crippen molar-refractivity contribution < 1.29 is 0 Å². The van der Waals surface area contributed by atoms with Gasteiger partial charge in [0, 0.05) is 20.8 Å². The van der Waals surface area contributed by atoms with E-state index < -0.39 is 0 Å². The quantitative estimate of drug-likeness (QED) is 0.444. The summed E-state index contributed by atoms with van der Waals surface area (Å²) in [5.41, 5.74) is 9.32. The predicted molar refractivity (Wildman–Crippen MR) is 54.5 cm³/mol. The Morgan fingerprint density at radius 3 is 3.00 bits per heavy atom. The average Bonchev–Trinajstić information content (AvgIpc) is 2.36. The standard InChI is InChI=1S/C7H8BrN3S/c1-5-4-12-6(7(5)8)2-3-10-11-9/h4H,2-3H2,1H3. The molecule has 1 aromatic rings. The second-order valence-electron chi connectivity index (χ2n) is 2.36. The third-order valence-electron chi connectivity index (χ3n) is 1.47. The average molecular weight is 246 g/mol. The molecule has 64 valence electrons. The molecule has 12 heavy (non-hydrogen) atoms. The van der Waals surface area contributed by atoms with Gasteiger partial charge >= 0.3 is 0 Å².